The molecular weight excluding hydrogens is 234 g/mol. The van der Waals surface area contributed by atoms with Gasteiger partial charge in [-0.05, 0) is 50.2 Å². The Labute approximate surface area is 116 Å². The van der Waals surface area contributed by atoms with Crippen LogP contribution < -0.4 is 10.6 Å². The molecule has 3 nitrogen and oxygen atoms in total. The van der Waals surface area contributed by atoms with Crippen molar-refractivity contribution in [1.29, 1.82) is 0 Å². The van der Waals surface area contributed by atoms with Gasteiger partial charge in [0.05, 0.1) is 0 Å². The van der Waals surface area contributed by atoms with Crippen molar-refractivity contribution in [3.8, 4) is 0 Å². The van der Waals surface area contributed by atoms with Crippen LogP contribution in [0.4, 0.5) is 5.82 Å². The third-order valence-corrected chi connectivity index (χ3v) is 4.83. The number of hydrogen-bond acceptors (Lipinski definition) is 3. The fourth-order valence-corrected chi connectivity index (χ4v) is 3.75. The molecule has 0 bridgehead atoms. The summed E-state index contributed by atoms with van der Waals surface area (Å²) >= 11 is 0. The zero-order valence-corrected chi connectivity index (χ0v) is 11.9. The van der Waals surface area contributed by atoms with E-state index >= 15 is 0 Å². The highest BCUT2D eigenvalue weighted by molar-refractivity contribution is 5.42. The SMILES string of the molecule is C[C@@H](N)c1ccc(N2CCC[C@H]3CCCC[C@H]32)nc1. The van der Waals surface area contributed by atoms with Gasteiger partial charge in [0.15, 0.2) is 0 Å². The maximum atomic E-state index is 5.89. The van der Waals surface area contributed by atoms with Crippen molar-refractivity contribution in [2.75, 3.05) is 11.4 Å². The number of piperidine rings is 1. The van der Waals surface area contributed by atoms with E-state index in [0.29, 0.717) is 0 Å². The molecule has 1 aromatic heterocycles. The van der Waals surface area contributed by atoms with Crippen molar-refractivity contribution in [3.63, 3.8) is 0 Å². The van der Waals surface area contributed by atoms with Gasteiger partial charge < -0.3 is 10.6 Å². The van der Waals surface area contributed by atoms with Crippen LogP contribution in [-0.4, -0.2) is 17.6 Å². The molecule has 2 fully saturated rings. The third kappa shape index (κ3) is 2.62. The van der Waals surface area contributed by atoms with Gasteiger partial charge in [-0.15, -0.1) is 0 Å². The summed E-state index contributed by atoms with van der Waals surface area (Å²) in [6.45, 7) is 3.18. The Bertz CT molecular complexity index is 411. The molecule has 2 N–H and O–H groups in total. The topological polar surface area (TPSA) is 42.1 Å². The second-order valence-corrected chi connectivity index (χ2v) is 6.19. The Morgan fingerprint density at radius 1 is 1.21 bits per heavy atom. The first-order valence-corrected chi connectivity index (χ1v) is 7.74. The second-order valence-electron chi connectivity index (χ2n) is 6.19. The smallest absolute Gasteiger partial charge is 0.128 e. The Morgan fingerprint density at radius 2 is 2.00 bits per heavy atom. The van der Waals surface area contributed by atoms with Crippen LogP contribution in [0.2, 0.25) is 0 Å². The maximum Gasteiger partial charge on any atom is 0.128 e. The van der Waals surface area contributed by atoms with E-state index in [2.05, 4.69) is 22.0 Å². The number of nitrogens with zero attached hydrogens (tertiary/aromatic N) is 2. The van der Waals surface area contributed by atoms with Gasteiger partial charge in [-0.25, -0.2) is 4.98 Å². The van der Waals surface area contributed by atoms with Crippen molar-refractivity contribution in [2.45, 2.75) is 57.5 Å². The zero-order chi connectivity index (χ0) is 13.2. The fourth-order valence-electron chi connectivity index (χ4n) is 3.75. The van der Waals surface area contributed by atoms with Crippen LogP contribution in [0.1, 0.15) is 57.1 Å². The molecule has 2 heterocycles. The molecule has 1 aliphatic heterocycles. The largest absolute Gasteiger partial charge is 0.353 e. The summed E-state index contributed by atoms with van der Waals surface area (Å²) in [5.74, 6) is 2.05. The molecule has 0 radical (unpaired) electrons. The molecule has 3 rings (SSSR count). The fraction of sp³-hybridized carbons (Fsp3) is 0.688. The molecule has 3 atom stereocenters. The normalized spacial score (nSPS) is 28.8. The Hall–Kier alpha value is -1.09. The van der Waals surface area contributed by atoms with Crippen molar-refractivity contribution in [1.82, 2.24) is 4.98 Å². The summed E-state index contributed by atoms with van der Waals surface area (Å²) in [5.41, 5.74) is 7.02. The molecule has 0 unspecified atom stereocenters. The Morgan fingerprint density at radius 3 is 2.74 bits per heavy atom. The zero-order valence-electron chi connectivity index (χ0n) is 11.9. The van der Waals surface area contributed by atoms with Crippen LogP contribution >= 0.6 is 0 Å². The van der Waals surface area contributed by atoms with Crippen molar-refractivity contribution in [2.24, 2.45) is 11.7 Å². The van der Waals surface area contributed by atoms with Gasteiger partial charge >= 0.3 is 0 Å². The van der Waals surface area contributed by atoms with Crippen molar-refractivity contribution < 1.29 is 0 Å². The summed E-state index contributed by atoms with van der Waals surface area (Å²) in [7, 11) is 0. The van der Waals surface area contributed by atoms with Crippen LogP contribution in [0.3, 0.4) is 0 Å². The lowest BCUT2D eigenvalue weighted by atomic mass is 9.78. The maximum absolute atomic E-state index is 5.89. The number of fused-ring (bicyclic) bond motifs is 1. The Balaban J connectivity index is 1.79. The molecule has 19 heavy (non-hydrogen) atoms. The van der Waals surface area contributed by atoms with Crippen LogP contribution in [0.15, 0.2) is 18.3 Å². The highest BCUT2D eigenvalue weighted by atomic mass is 15.2. The minimum atomic E-state index is 0.0744. The van der Waals surface area contributed by atoms with Gasteiger partial charge in [0.1, 0.15) is 5.82 Å². The van der Waals surface area contributed by atoms with Gasteiger partial charge in [-0.2, -0.15) is 0 Å². The molecule has 1 saturated heterocycles. The van der Waals surface area contributed by atoms with E-state index in [4.69, 9.17) is 5.73 Å². The number of rotatable bonds is 2. The second kappa shape index (κ2) is 5.49. The van der Waals surface area contributed by atoms with Crippen LogP contribution in [-0.2, 0) is 0 Å². The summed E-state index contributed by atoms with van der Waals surface area (Å²) in [4.78, 5) is 7.21. The lowest BCUT2D eigenvalue weighted by Gasteiger charge is -2.44. The molecular formula is C16H25N3. The summed E-state index contributed by atoms with van der Waals surface area (Å²) in [5, 5.41) is 0. The van der Waals surface area contributed by atoms with Gasteiger partial charge in [0, 0.05) is 24.8 Å². The molecule has 0 spiro atoms. The number of nitrogens with two attached hydrogens (primary N) is 1. The highest BCUT2D eigenvalue weighted by Gasteiger charge is 2.33. The molecule has 0 amide bonds. The number of aromatic nitrogens is 1. The molecule has 104 valence electrons. The summed E-state index contributed by atoms with van der Waals surface area (Å²) in [6, 6.07) is 5.11. The standard InChI is InChI=1S/C16H25N3/c1-12(17)14-8-9-16(18-11-14)19-10-4-6-13-5-2-3-7-15(13)19/h8-9,11-13,15H,2-7,10,17H2,1H3/t12-,13-,15-/m1/s1. The predicted octanol–water partition coefficient (Wildman–Crippen LogP) is 3.26. The predicted molar refractivity (Wildman–Crippen MR) is 79.2 cm³/mol. The number of hydrogen-bond donors (Lipinski definition) is 1. The average Bonchev–Trinajstić information content (AvgIpc) is 2.47. The summed E-state index contributed by atoms with van der Waals surface area (Å²) in [6.07, 6.45) is 10.3. The molecule has 2 aliphatic rings. The first-order valence-electron chi connectivity index (χ1n) is 7.74. The van der Waals surface area contributed by atoms with Crippen LogP contribution in [0, 0.1) is 5.92 Å². The van der Waals surface area contributed by atoms with Gasteiger partial charge in [0.2, 0.25) is 0 Å². The van der Waals surface area contributed by atoms with Crippen molar-refractivity contribution >= 4 is 5.82 Å². The quantitative estimate of drug-likeness (QED) is 0.886. The van der Waals surface area contributed by atoms with E-state index in [-0.39, 0.29) is 6.04 Å². The minimum Gasteiger partial charge on any atom is -0.353 e. The van der Waals surface area contributed by atoms with E-state index in [0.717, 1.165) is 23.3 Å². The summed E-state index contributed by atoms with van der Waals surface area (Å²) < 4.78 is 0. The van der Waals surface area contributed by atoms with Crippen LogP contribution in [0.5, 0.6) is 0 Å². The molecule has 0 aromatic carbocycles. The number of anilines is 1. The Kier molecular flexibility index (Phi) is 3.74. The lowest BCUT2D eigenvalue weighted by molar-refractivity contribution is 0.242. The van der Waals surface area contributed by atoms with E-state index in [1.807, 2.05) is 13.1 Å². The molecule has 3 heteroatoms. The highest BCUT2D eigenvalue weighted by Crippen LogP contribution is 2.37. The van der Waals surface area contributed by atoms with Crippen molar-refractivity contribution in [3.05, 3.63) is 23.9 Å². The van der Waals surface area contributed by atoms with Crippen LogP contribution in [0.25, 0.3) is 0 Å². The van der Waals surface area contributed by atoms with Gasteiger partial charge in [0.25, 0.3) is 0 Å². The van der Waals surface area contributed by atoms with Gasteiger partial charge in [-0.1, -0.05) is 18.9 Å². The number of pyridine rings is 1. The van der Waals surface area contributed by atoms with E-state index in [9.17, 15) is 0 Å². The first kappa shape index (κ1) is 12.9. The van der Waals surface area contributed by atoms with E-state index < -0.39 is 0 Å². The monoisotopic (exact) mass is 259 g/mol. The first-order chi connectivity index (χ1) is 9.25. The molecule has 1 saturated carbocycles. The van der Waals surface area contributed by atoms with Gasteiger partial charge in [-0.3, -0.25) is 0 Å². The third-order valence-electron chi connectivity index (χ3n) is 4.83. The molecule has 1 aromatic rings. The lowest BCUT2D eigenvalue weighted by Crippen LogP contribution is -2.47. The van der Waals surface area contributed by atoms with E-state index in [1.165, 1.54) is 45.1 Å². The molecule has 1 aliphatic carbocycles. The minimum absolute atomic E-state index is 0.0744. The van der Waals surface area contributed by atoms with E-state index in [1.54, 1.807) is 0 Å². The average molecular weight is 259 g/mol.